The second-order valence-corrected chi connectivity index (χ2v) is 4.30. The van der Waals surface area contributed by atoms with Crippen LogP contribution in [0.5, 0.6) is 0 Å². The average Bonchev–Trinajstić information content (AvgIpc) is 2.42. The van der Waals surface area contributed by atoms with Crippen molar-refractivity contribution in [2.24, 2.45) is 4.99 Å². The molecule has 21 heavy (non-hydrogen) atoms. The van der Waals surface area contributed by atoms with Crippen molar-refractivity contribution in [3.63, 3.8) is 0 Å². The molecule has 0 aliphatic rings. The first-order valence-electron chi connectivity index (χ1n) is 5.64. The lowest BCUT2D eigenvalue weighted by Crippen LogP contribution is -2.27. The number of rotatable bonds is 2. The molecule has 0 N–H and O–H groups in total. The number of hydrogen-bond donors (Lipinski definition) is 0. The molecule has 0 radical (unpaired) electrons. The SMILES string of the molecule is O=C(/N=c1/ccccn1Cc1cnc(Cl)nc1)C(F)(F)F. The van der Waals surface area contributed by atoms with Crippen LogP contribution in [0.25, 0.3) is 0 Å². The van der Waals surface area contributed by atoms with Crippen LogP contribution in [0.3, 0.4) is 0 Å². The van der Waals surface area contributed by atoms with Crippen LogP contribution in [0.1, 0.15) is 5.56 Å². The molecule has 110 valence electrons. The monoisotopic (exact) mass is 316 g/mol. The highest BCUT2D eigenvalue weighted by Gasteiger charge is 2.38. The predicted octanol–water partition coefficient (Wildman–Crippen LogP) is 1.97. The van der Waals surface area contributed by atoms with Crippen molar-refractivity contribution in [3.05, 3.63) is 53.1 Å². The normalized spacial score (nSPS) is 12.5. The lowest BCUT2D eigenvalue weighted by molar-refractivity contribution is -0.169. The molecule has 0 aliphatic heterocycles. The summed E-state index contributed by atoms with van der Waals surface area (Å²) in [6.45, 7) is 0.155. The number of nitrogens with zero attached hydrogens (tertiary/aromatic N) is 4. The largest absolute Gasteiger partial charge is 0.473 e. The molecule has 5 nitrogen and oxygen atoms in total. The van der Waals surface area contributed by atoms with Gasteiger partial charge in [-0.1, -0.05) is 6.07 Å². The summed E-state index contributed by atoms with van der Waals surface area (Å²) in [6.07, 6.45) is -0.635. The summed E-state index contributed by atoms with van der Waals surface area (Å²) in [5.74, 6) is -2.16. The molecule has 0 aliphatic carbocycles. The van der Waals surface area contributed by atoms with Gasteiger partial charge in [0.2, 0.25) is 5.28 Å². The molecular weight excluding hydrogens is 309 g/mol. The Bertz CT molecular complexity index is 709. The zero-order valence-electron chi connectivity index (χ0n) is 10.4. The van der Waals surface area contributed by atoms with Crippen molar-refractivity contribution >= 4 is 17.5 Å². The van der Waals surface area contributed by atoms with Crippen molar-refractivity contribution in [3.8, 4) is 0 Å². The molecule has 0 fully saturated rings. The number of amides is 1. The quantitative estimate of drug-likeness (QED) is 0.796. The number of aromatic nitrogens is 3. The molecular formula is C12H8ClF3N4O. The van der Waals surface area contributed by atoms with Crippen molar-refractivity contribution in [1.29, 1.82) is 0 Å². The van der Waals surface area contributed by atoms with Gasteiger partial charge in [0.15, 0.2) is 0 Å². The Morgan fingerprint density at radius 2 is 1.95 bits per heavy atom. The van der Waals surface area contributed by atoms with Crippen molar-refractivity contribution < 1.29 is 18.0 Å². The Balaban J connectivity index is 2.35. The van der Waals surface area contributed by atoms with E-state index in [1.54, 1.807) is 6.07 Å². The van der Waals surface area contributed by atoms with Crippen LogP contribution in [0.2, 0.25) is 5.28 Å². The third kappa shape index (κ3) is 4.12. The van der Waals surface area contributed by atoms with Crippen LogP contribution in [-0.2, 0) is 11.3 Å². The maximum atomic E-state index is 12.3. The van der Waals surface area contributed by atoms with E-state index < -0.39 is 12.1 Å². The van der Waals surface area contributed by atoms with E-state index in [1.165, 1.54) is 35.3 Å². The van der Waals surface area contributed by atoms with Crippen LogP contribution in [0, 0.1) is 0 Å². The Labute approximate surface area is 121 Å². The minimum absolute atomic E-state index is 0.0639. The second-order valence-electron chi connectivity index (χ2n) is 3.96. The molecule has 0 aromatic carbocycles. The predicted molar refractivity (Wildman–Crippen MR) is 67.2 cm³/mol. The van der Waals surface area contributed by atoms with Gasteiger partial charge in [-0.25, -0.2) is 9.97 Å². The van der Waals surface area contributed by atoms with Crippen LogP contribution < -0.4 is 5.49 Å². The minimum atomic E-state index is -5.00. The number of carbonyl (C=O) groups is 1. The molecule has 0 atom stereocenters. The van der Waals surface area contributed by atoms with Gasteiger partial charge < -0.3 is 4.57 Å². The molecule has 2 heterocycles. The number of alkyl halides is 3. The fraction of sp³-hybridized carbons (Fsp3) is 0.167. The summed E-state index contributed by atoms with van der Waals surface area (Å²) in [7, 11) is 0. The molecule has 2 aromatic rings. The van der Waals surface area contributed by atoms with Gasteiger partial charge in [0.25, 0.3) is 0 Å². The van der Waals surface area contributed by atoms with Crippen LogP contribution in [-0.4, -0.2) is 26.6 Å². The molecule has 1 amide bonds. The molecule has 0 unspecified atom stereocenters. The number of hydrogen-bond acceptors (Lipinski definition) is 3. The van der Waals surface area contributed by atoms with E-state index in [1.807, 2.05) is 0 Å². The van der Waals surface area contributed by atoms with E-state index in [0.717, 1.165) is 0 Å². The highest BCUT2D eigenvalue weighted by Crippen LogP contribution is 2.15. The zero-order valence-corrected chi connectivity index (χ0v) is 11.1. The maximum Gasteiger partial charge on any atom is 0.473 e. The smallest absolute Gasteiger partial charge is 0.328 e. The number of carbonyl (C=O) groups excluding carboxylic acids is 1. The average molecular weight is 317 g/mol. The van der Waals surface area contributed by atoms with Gasteiger partial charge >= 0.3 is 12.1 Å². The van der Waals surface area contributed by atoms with Crippen LogP contribution in [0.15, 0.2) is 41.8 Å². The van der Waals surface area contributed by atoms with E-state index >= 15 is 0 Å². The molecule has 0 saturated heterocycles. The van der Waals surface area contributed by atoms with Gasteiger partial charge in [-0.15, -0.1) is 0 Å². The molecule has 0 bridgehead atoms. The zero-order chi connectivity index (χ0) is 15.5. The fourth-order valence-electron chi connectivity index (χ4n) is 1.49. The van der Waals surface area contributed by atoms with Crippen LogP contribution in [0.4, 0.5) is 13.2 Å². The molecule has 0 spiro atoms. The first-order chi connectivity index (χ1) is 9.86. The van der Waals surface area contributed by atoms with E-state index in [9.17, 15) is 18.0 Å². The van der Waals surface area contributed by atoms with Crippen LogP contribution >= 0.6 is 11.6 Å². The second kappa shape index (κ2) is 6.04. The third-order valence-corrected chi connectivity index (χ3v) is 2.60. The summed E-state index contributed by atoms with van der Waals surface area (Å²) >= 11 is 5.55. The molecule has 2 aromatic heterocycles. The van der Waals surface area contributed by atoms with E-state index in [-0.39, 0.29) is 17.3 Å². The van der Waals surface area contributed by atoms with Crippen molar-refractivity contribution in [2.45, 2.75) is 12.7 Å². The summed E-state index contributed by atoms with van der Waals surface area (Å²) in [5.41, 5.74) is 0.487. The Morgan fingerprint density at radius 3 is 2.57 bits per heavy atom. The summed E-state index contributed by atoms with van der Waals surface area (Å²) in [4.78, 5) is 21.5. The topological polar surface area (TPSA) is 60.1 Å². The standard InChI is InChI=1S/C12H8ClF3N4O/c13-11-17-5-8(6-18-11)7-20-4-2-1-3-9(20)19-10(21)12(14,15)16/h1-6H,7H2/b19-9-. The summed E-state index contributed by atoms with van der Waals surface area (Å²) in [5, 5.41) is 0.0639. The first kappa shape index (κ1) is 15.2. The van der Waals surface area contributed by atoms with Gasteiger partial charge in [0.1, 0.15) is 5.49 Å². The van der Waals surface area contributed by atoms with E-state index in [4.69, 9.17) is 11.6 Å². The molecule has 0 saturated carbocycles. The number of halogens is 4. The number of pyridine rings is 1. The lowest BCUT2D eigenvalue weighted by atomic mass is 10.3. The molecule has 9 heteroatoms. The maximum absolute atomic E-state index is 12.3. The molecule has 2 rings (SSSR count). The van der Waals surface area contributed by atoms with Gasteiger partial charge in [0.05, 0.1) is 6.54 Å². The first-order valence-corrected chi connectivity index (χ1v) is 6.02. The minimum Gasteiger partial charge on any atom is -0.328 e. The van der Waals surface area contributed by atoms with Gasteiger partial charge in [0, 0.05) is 24.2 Å². The van der Waals surface area contributed by atoms with Gasteiger partial charge in [-0.3, -0.25) is 4.79 Å². The fourth-order valence-corrected chi connectivity index (χ4v) is 1.58. The van der Waals surface area contributed by atoms with E-state index in [0.29, 0.717) is 5.56 Å². The van der Waals surface area contributed by atoms with Crippen molar-refractivity contribution in [2.75, 3.05) is 0 Å². The van der Waals surface area contributed by atoms with E-state index in [2.05, 4.69) is 15.0 Å². The summed E-state index contributed by atoms with van der Waals surface area (Å²) < 4.78 is 38.1. The lowest BCUT2D eigenvalue weighted by Gasteiger charge is -2.07. The Kier molecular flexibility index (Phi) is 4.37. The summed E-state index contributed by atoms with van der Waals surface area (Å²) in [6, 6.07) is 4.39. The van der Waals surface area contributed by atoms with Gasteiger partial charge in [-0.2, -0.15) is 18.2 Å². The van der Waals surface area contributed by atoms with Gasteiger partial charge in [-0.05, 0) is 23.7 Å². The highest BCUT2D eigenvalue weighted by molar-refractivity contribution is 6.28. The Hall–Kier alpha value is -2.22. The van der Waals surface area contributed by atoms with Crippen molar-refractivity contribution in [1.82, 2.24) is 14.5 Å². The highest BCUT2D eigenvalue weighted by atomic mass is 35.5. The third-order valence-electron chi connectivity index (χ3n) is 2.40. The Morgan fingerprint density at radius 1 is 1.29 bits per heavy atom.